The van der Waals surface area contributed by atoms with Gasteiger partial charge >= 0.3 is 0 Å². The first-order chi connectivity index (χ1) is 14.2. The highest BCUT2D eigenvalue weighted by Gasteiger charge is 2.32. The second-order valence-electron chi connectivity index (χ2n) is 8.33. The van der Waals surface area contributed by atoms with Crippen molar-refractivity contribution < 1.29 is 4.79 Å². The molecule has 0 saturated carbocycles. The lowest BCUT2D eigenvalue weighted by molar-refractivity contribution is 0.0928. The SMILES string of the molecule is O=C(NC1CCN(c2ncccn2)CC1)c1ccc2n(c1=O)C[C@@H]1CNC[C@H]2C1. The number of pyridine rings is 1. The first-order valence-corrected chi connectivity index (χ1v) is 10.5. The number of anilines is 1. The van der Waals surface area contributed by atoms with Crippen LogP contribution < -0.4 is 21.1 Å². The number of hydrogen-bond acceptors (Lipinski definition) is 6. The number of carbonyl (C=O) groups excluding carboxylic acids is 1. The summed E-state index contributed by atoms with van der Waals surface area (Å²) in [6.07, 6.45) is 6.23. The molecule has 29 heavy (non-hydrogen) atoms. The zero-order valence-corrected chi connectivity index (χ0v) is 16.4. The number of hydrogen-bond donors (Lipinski definition) is 2. The second-order valence-corrected chi connectivity index (χ2v) is 8.33. The monoisotopic (exact) mass is 394 g/mol. The minimum Gasteiger partial charge on any atom is -0.349 e. The topological polar surface area (TPSA) is 92.2 Å². The molecule has 0 unspecified atom stereocenters. The Hall–Kier alpha value is -2.74. The average Bonchev–Trinajstić information content (AvgIpc) is 2.76. The van der Waals surface area contributed by atoms with Crippen molar-refractivity contribution >= 4 is 11.9 Å². The molecule has 5 heterocycles. The van der Waals surface area contributed by atoms with E-state index in [1.54, 1.807) is 24.5 Å². The number of aromatic nitrogens is 3. The zero-order valence-electron chi connectivity index (χ0n) is 16.4. The number of nitrogens with zero attached hydrogens (tertiary/aromatic N) is 4. The maximum atomic E-state index is 13.0. The van der Waals surface area contributed by atoms with Crippen molar-refractivity contribution in [2.45, 2.75) is 37.8 Å². The van der Waals surface area contributed by atoms with Crippen LogP contribution in [-0.2, 0) is 6.54 Å². The van der Waals surface area contributed by atoms with Crippen molar-refractivity contribution in [1.29, 1.82) is 0 Å². The molecule has 2 N–H and O–H groups in total. The minimum atomic E-state index is -0.256. The zero-order chi connectivity index (χ0) is 19.8. The van der Waals surface area contributed by atoms with Crippen molar-refractivity contribution in [3.8, 4) is 0 Å². The Kier molecular flexibility index (Phi) is 4.79. The molecular weight excluding hydrogens is 368 g/mol. The number of fused-ring (bicyclic) bond motifs is 4. The third-order valence-electron chi connectivity index (χ3n) is 6.42. The fourth-order valence-electron chi connectivity index (χ4n) is 4.91. The van der Waals surface area contributed by atoms with E-state index >= 15 is 0 Å². The first kappa shape index (κ1) is 18.3. The quantitative estimate of drug-likeness (QED) is 0.798. The van der Waals surface area contributed by atoms with E-state index in [0.29, 0.717) is 18.4 Å². The third kappa shape index (κ3) is 3.53. The van der Waals surface area contributed by atoms with Crippen LogP contribution >= 0.6 is 0 Å². The summed E-state index contributed by atoms with van der Waals surface area (Å²) in [5.41, 5.74) is 1.17. The van der Waals surface area contributed by atoms with Gasteiger partial charge in [-0.3, -0.25) is 9.59 Å². The minimum absolute atomic E-state index is 0.0616. The van der Waals surface area contributed by atoms with E-state index in [4.69, 9.17) is 0 Å². The van der Waals surface area contributed by atoms with Gasteiger partial charge in [-0.1, -0.05) is 0 Å². The molecule has 2 bridgehead atoms. The molecule has 2 fully saturated rings. The normalized spacial score (nSPS) is 24.1. The fourth-order valence-corrected chi connectivity index (χ4v) is 4.91. The molecule has 5 rings (SSSR count). The molecular formula is C21H26N6O2. The van der Waals surface area contributed by atoms with Crippen molar-refractivity contribution in [2.75, 3.05) is 31.1 Å². The molecule has 3 aliphatic rings. The molecule has 0 radical (unpaired) electrons. The summed E-state index contributed by atoms with van der Waals surface area (Å²) in [6, 6.07) is 5.55. The maximum Gasteiger partial charge on any atom is 0.263 e. The molecule has 8 heteroatoms. The Labute approximate surface area is 169 Å². The third-order valence-corrected chi connectivity index (χ3v) is 6.42. The van der Waals surface area contributed by atoms with Gasteiger partial charge in [-0.25, -0.2) is 9.97 Å². The lowest BCUT2D eigenvalue weighted by Gasteiger charge is -2.37. The Morgan fingerprint density at radius 3 is 2.72 bits per heavy atom. The summed E-state index contributed by atoms with van der Waals surface area (Å²) >= 11 is 0. The molecule has 3 aliphatic heterocycles. The highest BCUT2D eigenvalue weighted by atomic mass is 16.2. The van der Waals surface area contributed by atoms with Gasteiger partial charge < -0.3 is 20.1 Å². The van der Waals surface area contributed by atoms with Crippen molar-refractivity contribution in [1.82, 2.24) is 25.2 Å². The van der Waals surface area contributed by atoms with Gasteiger partial charge in [-0.05, 0) is 49.9 Å². The van der Waals surface area contributed by atoms with Crippen LogP contribution in [0.15, 0.2) is 35.4 Å². The van der Waals surface area contributed by atoms with Crippen LogP contribution in [0.5, 0.6) is 0 Å². The van der Waals surface area contributed by atoms with Crippen LogP contribution in [0.25, 0.3) is 0 Å². The lowest BCUT2D eigenvalue weighted by Crippen LogP contribution is -2.48. The molecule has 2 aromatic rings. The summed E-state index contributed by atoms with van der Waals surface area (Å²) in [5.74, 6) is 1.32. The Balaban J connectivity index is 1.26. The van der Waals surface area contributed by atoms with E-state index in [-0.39, 0.29) is 23.1 Å². The Bertz CT molecular complexity index is 951. The van der Waals surface area contributed by atoms with Crippen molar-refractivity contribution in [3.63, 3.8) is 0 Å². The van der Waals surface area contributed by atoms with E-state index in [2.05, 4.69) is 25.5 Å². The number of rotatable bonds is 3. The van der Waals surface area contributed by atoms with E-state index in [1.165, 1.54) is 0 Å². The molecule has 2 atom stereocenters. The molecule has 8 nitrogen and oxygen atoms in total. The second kappa shape index (κ2) is 7.59. The predicted molar refractivity (Wildman–Crippen MR) is 109 cm³/mol. The predicted octanol–water partition coefficient (Wildman–Crippen LogP) is 0.744. The van der Waals surface area contributed by atoms with E-state index in [0.717, 1.165) is 57.1 Å². The van der Waals surface area contributed by atoms with E-state index < -0.39 is 0 Å². The maximum absolute atomic E-state index is 13.0. The highest BCUT2D eigenvalue weighted by molar-refractivity contribution is 5.94. The smallest absolute Gasteiger partial charge is 0.263 e. The highest BCUT2D eigenvalue weighted by Crippen LogP contribution is 2.31. The number of amides is 1. The summed E-state index contributed by atoms with van der Waals surface area (Å²) < 4.78 is 1.84. The van der Waals surface area contributed by atoms with Gasteiger partial charge in [-0.2, -0.15) is 0 Å². The first-order valence-electron chi connectivity index (χ1n) is 10.5. The Morgan fingerprint density at radius 2 is 1.93 bits per heavy atom. The van der Waals surface area contributed by atoms with Gasteiger partial charge in [0, 0.05) is 56.2 Å². The largest absolute Gasteiger partial charge is 0.349 e. The summed E-state index contributed by atoms with van der Waals surface area (Å²) in [4.78, 5) is 36.6. The average molecular weight is 394 g/mol. The molecule has 0 aromatic carbocycles. The summed E-state index contributed by atoms with van der Waals surface area (Å²) in [6.45, 7) is 4.13. The van der Waals surface area contributed by atoms with E-state index in [1.807, 2.05) is 10.6 Å². The van der Waals surface area contributed by atoms with Gasteiger partial charge in [0.2, 0.25) is 5.95 Å². The summed E-state index contributed by atoms with van der Waals surface area (Å²) in [5, 5.41) is 6.52. The van der Waals surface area contributed by atoms with Crippen LogP contribution in [0.1, 0.15) is 41.2 Å². The lowest BCUT2D eigenvalue weighted by atomic mass is 9.84. The fraction of sp³-hybridized carbons (Fsp3) is 0.524. The van der Waals surface area contributed by atoms with Crippen molar-refractivity contribution in [2.24, 2.45) is 5.92 Å². The van der Waals surface area contributed by atoms with E-state index in [9.17, 15) is 9.59 Å². The van der Waals surface area contributed by atoms with Crippen LogP contribution in [0.2, 0.25) is 0 Å². The van der Waals surface area contributed by atoms with Crippen molar-refractivity contribution in [3.05, 3.63) is 52.2 Å². The van der Waals surface area contributed by atoms with Crippen LogP contribution in [0.4, 0.5) is 5.95 Å². The molecule has 0 aliphatic carbocycles. The van der Waals surface area contributed by atoms with Crippen LogP contribution in [0.3, 0.4) is 0 Å². The number of nitrogens with one attached hydrogen (secondary N) is 2. The van der Waals surface area contributed by atoms with Crippen LogP contribution in [0, 0.1) is 5.92 Å². The molecule has 2 saturated heterocycles. The molecule has 0 spiro atoms. The number of piperidine rings is 2. The molecule has 2 aromatic heterocycles. The van der Waals surface area contributed by atoms with Gasteiger partial charge in [0.15, 0.2) is 0 Å². The number of carbonyl (C=O) groups is 1. The van der Waals surface area contributed by atoms with Gasteiger partial charge in [0.05, 0.1) is 0 Å². The van der Waals surface area contributed by atoms with Gasteiger partial charge in [-0.15, -0.1) is 0 Å². The van der Waals surface area contributed by atoms with Crippen LogP contribution in [-0.4, -0.2) is 52.7 Å². The molecule has 152 valence electrons. The van der Waals surface area contributed by atoms with Gasteiger partial charge in [0.25, 0.3) is 11.5 Å². The van der Waals surface area contributed by atoms with Gasteiger partial charge in [0.1, 0.15) is 5.56 Å². The Morgan fingerprint density at radius 1 is 1.14 bits per heavy atom. The summed E-state index contributed by atoms with van der Waals surface area (Å²) in [7, 11) is 0. The molecule has 1 amide bonds. The standard InChI is InChI=1S/C21H26N6O2/c28-19(25-16-4-8-26(9-5-16)21-23-6-1-7-24-21)17-2-3-18-15-10-14(11-22-12-15)13-27(18)20(17)29/h1-3,6-7,14-16,22H,4-5,8-13H2,(H,25,28)/t14-,15+/m0/s1.